The predicted molar refractivity (Wildman–Crippen MR) is 71.2 cm³/mol. The molecule has 100 valence electrons. The second-order valence-electron chi connectivity index (χ2n) is 5.22. The second-order valence-corrected chi connectivity index (χ2v) is 5.22. The highest BCUT2D eigenvalue weighted by atomic mass is 19.1. The molecular formula is C15H22FNO. The molecule has 2 N–H and O–H groups in total. The van der Waals surface area contributed by atoms with Crippen molar-refractivity contribution >= 4 is 0 Å². The van der Waals surface area contributed by atoms with Crippen LogP contribution in [-0.4, -0.2) is 12.1 Å². The molecule has 2 nitrogen and oxygen atoms in total. The summed E-state index contributed by atoms with van der Waals surface area (Å²) >= 11 is 0. The van der Waals surface area contributed by atoms with Crippen molar-refractivity contribution in [3.63, 3.8) is 0 Å². The highest BCUT2D eigenvalue weighted by Crippen LogP contribution is 2.23. The maximum atomic E-state index is 13.5. The molecule has 0 radical (unpaired) electrons. The number of benzene rings is 1. The Bertz CT molecular complexity index is 394. The smallest absolute Gasteiger partial charge is 0.129 e. The van der Waals surface area contributed by atoms with Crippen LogP contribution >= 0.6 is 0 Å². The molecule has 0 spiro atoms. The number of halogens is 1. The number of hydrogen-bond acceptors (Lipinski definition) is 2. The molecule has 0 amide bonds. The summed E-state index contributed by atoms with van der Waals surface area (Å²) in [4.78, 5) is 0. The van der Waals surface area contributed by atoms with Crippen LogP contribution in [0, 0.1) is 12.7 Å². The van der Waals surface area contributed by atoms with Gasteiger partial charge in [-0.1, -0.05) is 25.3 Å². The maximum absolute atomic E-state index is 13.5. The summed E-state index contributed by atoms with van der Waals surface area (Å²) in [5.41, 5.74) is 6.79. The van der Waals surface area contributed by atoms with Crippen LogP contribution in [0.4, 0.5) is 4.39 Å². The van der Waals surface area contributed by atoms with E-state index < -0.39 is 0 Å². The van der Waals surface area contributed by atoms with Crippen molar-refractivity contribution in [2.75, 3.05) is 0 Å². The van der Waals surface area contributed by atoms with Crippen molar-refractivity contribution in [1.29, 1.82) is 0 Å². The molecule has 1 aliphatic rings. The van der Waals surface area contributed by atoms with Gasteiger partial charge in [0.15, 0.2) is 0 Å². The third-order valence-electron chi connectivity index (χ3n) is 3.68. The zero-order valence-electron chi connectivity index (χ0n) is 11.0. The molecule has 0 bridgehead atoms. The first-order valence-corrected chi connectivity index (χ1v) is 6.85. The molecule has 2 rings (SSSR count). The predicted octanol–water partition coefficient (Wildman–Crippen LogP) is 3.56. The van der Waals surface area contributed by atoms with Gasteiger partial charge in [-0.25, -0.2) is 4.39 Å². The standard InChI is InChI=1S/C15H22FNO/c1-11-8-9-12(10-13(11)16)18-15-7-5-3-2-4-6-14(15)17/h8-10,14-15H,2-7,17H2,1H3. The topological polar surface area (TPSA) is 35.2 Å². The highest BCUT2D eigenvalue weighted by Gasteiger charge is 2.21. The minimum absolute atomic E-state index is 0.0207. The first-order chi connectivity index (χ1) is 8.66. The Morgan fingerprint density at radius 2 is 1.89 bits per heavy atom. The molecule has 1 aliphatic carbocycles. The van der Waals surface area contributed by atoms with Crippen LogP contribution in [0.3, 0.4) is 0 Å². The highest BCUT2D eigenvalue weighted by molar-refractivity contribution is 5.28. The number of rotatable bonds is 2. The number of aryl methyl sites for hydroxylation is 1. The van der Waals surface area contributed by atoms with Crippen molar-refractivity contribution in [1.82, 2.24) is 0 Å². The summed E-state index contributed by atoms with van der Waals surface area (Å²) in [5.74, 6) is 0.381. The van der Waals surface area contributed by atoms with Crippen LogP contribution in [0.5, 0.6) is 5.75 Å². The van der Waals surface area contributed by atoms with Crippen LogP contribution in [0.2, 0.25) is 0 Å². The van der Waals surface area contributed by atoms with Gasteiger partial charge in [0.2, 0.25) is 0 Å². The average Bonchev–Trinajstić information content (AvgIpc) is 2.33. The molecule has 0 aliphatic heterocycles. The Morgan fingerprint density at radius 1 is 1.17 bits per heavy atom. The van der Waals surface area contributed by atoms with Gasteiger partial charge in [0.05, 0.1) is 0 Å². The van der Waals surface area contributed by atoms with E-state index in [1.165, 1.54) is 25.3 Å². The van der Waals surface area contributed by atoms with Gasteiger partial charge in [0.1, 0.15) is 17.7 Å². The Labute approximate surface area is 108 Å². The molecule has 2 atom stereocenters. The summed E-state index contributed by atoms with van der Waals surface area (Å²) in [6.07, 6.45) is 6.81. The summed E-state index contributed by atoms with van der Waals surface area (Å²) in [6, 6.07) is 5.10. The molecule has 0 heterocycles. The van der Waals surface area contributed by atoms with Crippen LogP contribution < -0.4 is 10.5 Å². The molecule has 3 heteroatoms. The van der Waals surface area contributed by atoms with E-state index in [2.05, 4.69) is 0 Å². The van der Waals surface area contributed by atoms with Gasteiger partial charge in [-0.3, -0.25) is 0 Å². The van der Waals surface area contributed by atoms with Crippen molar-refractivity contribution < 1.29 is 9.13 Å². The van der Waals surface area contributed by atoms with Crippen LogP contribution in [-0.2, 0) is 0 Å². The van der Waals surface area contributed by atoms with Crippen LogP contribution in [0.1, 0.15) is 44.1 Å². The molecular weight excluding hydrogens is 229 g/mol. The quantitative estimate of drug-likeness (QED) is 0.872. The van der Waals surface area contributed by atoms with E-state index in [4.69, 9.17) is 10.5 Å². The first-order valence-electron chi connectivity index (χ1n) is 6.85. The average molecular weight is 251 g/mol. The minimum Gasteiger partial charge on any atom is -0.489 e. The van der Waals surface area contributed by atoms with Crippen LogP contribution in [0.15, 0.2) is 18.2 Å². The van der Waals surface area contributed by atoms with Gasteiger partial charge in [-0.2, -0.15) is 0 Å². The van der Waals surface area contributed by atoms with E-state index >= 15 is 0 Å². The number of hydrogen-bond donors (Lipinski definition) is 1. The third-order valence-corrected chi connectivity index (χ3v) is 3.68. The van der Waals surface area contributed by atoms with Crippen molar-refractivity contribution in [3.05, 3.63) is 29.6 Å². The number of nitrogens with two attached hydrogens (primary N) is 1. The van der Waals surface area contributed by atoms with E-state index in [0.717, 1.165) is 19.3 Å². The number of ether oxygens (including phenoxy) is 1. The zero-order chi connectivity index (χ0) is 13.0. The lowest BCUT2D eigenvalue weighted by Crippen LogP contribution is -2.39. The summed E-state index contributed by atoms with van der Waals surface area (Å²) in [7, 11) is 0. The van der Waals surface area contributed by atoms with E-state index in [-0.39, 0.29) is 18.0 Å². The van der Waals surface area contributed by atoms with Crippen LogP contribution in [0.25, 0.3) is 0 Å². The fourth-order valence-corrected chi connectivity index (χ4v) is 2.45. The molecule has 1 aromatic rings. The summed E-state index contributed by atoms with van der Waals surface area (Å²) in [5, 5.41) is 0. The second kappa shape index (κ2) is 6.19. The monoisotopic (exact) mass is 251 g/mol. The first kappa shape index (κ1) is 13.3. The van der Waals surface area contributed by atoms with E-state index in [0.29, 0.717) is 11.3 Å². The zero-order valence-corrected chi connectivity index (χ0v) is 11.0. The lowest BCUT2D eigenvalue weighted by Gasteiger charge is -2.27. The fraction of sp³-hybridized carbons (Fsp3) is 0.600. The molecule has 1 fully saturated rings. The van der Waals surface area contributed by atoms with Gasteiger partial charge < -0.3 is 10.5 Å². The lowest BCUT2D eigenvalue weighted by molar-refractivity contribution is 0.144. The molecule has 0 aromatic heterocycles. The van der Waals surface area contributed by atoms with Gasteiger partial charge >= 0.3 is 0 Å². The SMILES string of the molecule is Cc1ccc(OC2CCCCCCC2N)cc1F. The Morgan fingerprint density at radius 3 is 2.61 bits per heavy atom. The van der Waals surface area contributed by atoms with Crippen molar-refractivity contribution in [2.24, 2.45) is 5.73 Å². The minimum atomic E-state index is -0.216. The third kappa shape index (κ3) is 3.45. The fourth-order valence-electron chi connectivity index (χ4n) is 2.45. The van der Waals surface area contributed by atoms with E-state index in [1.807, 2.05) is 6.07 Å². The largest absolute Gasteiger partial charge is 0.489 e. The van der Waals surface area contributed by atoms with E-state index in [1.54, 1.807) is 13.0 Å². The van der Waals surface area contributed by atoms with E-state index in [9.17, 15) is 4.39 Å². The normalized spacial score (nSPS) is 25.3. The maximum Gasteiger partial charge on any atom is 0.129 e. The van der Waals surface area contributed by atoms with Gasteiger partial charge in [-0.05, 0) is 37.8 Å². The molecule has 1 saturated carbocycles. The van der Waals surface area contributed by atoms with Crippen molar-refractivity contribution in [3.8, 4) is 5.75 Å². The molecule has 2 unspecified atom stereocenters. The molecule has 1 aromatic carbocycles. The van der Waals surface area contributed by atoms with Gasteiger partial charge in [0, 0.05) is 12.1 Å². The van der Waals surface area contributed by atoms with Gasteiger partial charge in [-0.15, -0.1) is 0 Å². The summed E-state index contributed by atoms with van der Waals surface area (Å²) < 4.78 is 19.3. The van der Waals surface area contributed by atoms with Crippen molar-refractivity contribution in [2.45, 2.75) is 57.6 Å². The lowest BCUT2D eigenvalue weighted by atomic mass is 9.95. The Balaban J connectivity index is 2.03. The molecule has 0 saturated heterocycles. The summed E-state index contributed by atoms with van der Waals surface area (Å²) in [6.45, 7) is 1.75. The molecule has 18 heavy (non-hydrogen) atoms. The Kier molecular flexibility index (Phi) is 4.59. The van der Waals surface area contributed by atoms with Gasteiger partial charge in [0.25, 0.3) is 0 Å². The Hall–Kier alpha value is -1.09.